The van der Waals surface area contributed by atoms with E-state index in [9.17, 15) is 0 Å². The molecule has 0 unspecified atom stereocenters. The third-order valence-electron chi connectivity index (χ3n) is 1.64. The summed E-state index contributed by atoms with van der Waals surface area (Å²) in [6.45, 7) is 2.04. The number of aryl methyl sites for hydroxylation is 2. The number of nitrogens with zero attached hydrogens (tertiary/aromatic N) is 2. The van der Waals surface area contributed by atoms with Crippen LogP contribution in [0, 0.1) is 6.92 Å². The van der Waals surface area contributed by atoms with Gasteiger partial charge in [0.1, 0.15) is 6.33 Å². The summed E-state index contributed by atoms with van der Waals surface area (Å²) in [7, 11) is 0. The number of thioether (sulfide) groups is 1. The predicted octanol–water partition coefficient (Wildman–Crippen LogP) is 1.43. The zero-order valence-electron chi connectivity index (χ0n) is 5.79. The van der Waals surface area contributed by atoms with Crippen molar-refractivity contribution < 1.29 is 0 Å². The van der Waals surface area contributed by atoms with Crippen LogP contribution in [0.3, 0.4) is 0 Å². The lowest BCUT2D eigenvalue weighted by Gasteiger charge is -1.97. The Morgan fingerprint density at radius 2 is 2.40 bits per heavy atom. The fourth-order valence-electron chi connectivity index (χ4n) is 1.13. The second-order valence-corrected chi connectivity index (χ2v) is 3.44. The van der Waals surface area contributed by atoms with Gasteiger partial charge in [0, 0.05) is 12.2 Å². The maximum absolute atomic E-state index is 4.19. The van der Waals surface area contributed by atoms with Crippen LogP contribution < -0.4 is 0 Å². The smallest absolute Gasteiger partial charge is 0.116 e. The second kappa shape index (κ2) is 2.23. The Hall–Kier alpha value is -0.570. The molecule has 52 valence electrons. The minimum Gasteiger partial charge on any atom is -0.241 e. The zero-order chi connectivity index (χ0) is 6.97. The van der Waals surface area contributed by atoms with Gasteiger partial charge < -0.3 is 0 Å². The monoisotopic (exact) mass is 152 g/mol. The Balaban J connectivity index is 2.59. The maximum atomic E-state index is 4.19. The quantitative estimate of drug-likeness (QED) is 0.562. The average molecular weight is 152 g/mol. The van der Waals surface area contributed by atoms with Crippen LogP contribution in [0.5, 0.6) is 0 Å². The van der Waals surface area contributed by atoms with Crippen LogP contribution >= 0.6 is 11.8 Å². The Morgan fingerprint density at radius 1 is 1.50 bits per heavy atom. The highest BCUT2D eigenvalue weighted by molar-refractivity contribution is 7.99. The first-order chi connectivity index (χ1) is 4.88. The Morgan fingerprint density at radius 3 is 3.20 bits per heavy atom. The Bertz CT molecular complexity index is 260. The summed E-state index contributed by atoms with van der Waals surface area (Å²) in [5, 5.41) is 0. The molecule has 10 heavy (non-hydrogen) atoms. The van der Waals surface area contributed by atoms with Crippen molar-refractivity contribution in [1.82, 2.24) is 9.97 Å². The van der Waals surface area contributed by atoms with Crippen molar-refractivity contribution in [3.05, 3.63) is 17.7 Å². The van der Waals surface area contributed by atoms with Gasteiger partial charge in [-0.3, -0.25) is 0 Å². The third-order valence-corrected chi connectivity index (χ3v) is 2.87. The lowest BCUT2D eigenvalue weighted by molar-refractivity contribution is 0.940. The molecule has 1 aliphatic rings. The van der Waals surface area contributed by atoms with E-state index in [1.807, 2.05) is 18.7 Å². The van der Waals surface area contributed by atoms with Gasteiger partial charge in [-0.2, -0.15) is 0 Å². The molecule has 2 heterocycles. The van der Waals surface area contributed by atoms with E-state index in [0.717, 1.165) is 12.1 Å². The van der Waals surface area contributed by atoms with E-state index >= 15 is 0 Å². The van der Waals surface area contributed by atoms with Gasteiger partial charge in [-0.25, -0.2) is 9.97 Å². The highest BCUT2D eigenvalue weighted by Crippen LogP contribution is 2.30. The molecule has 0 saturated carbocycles. The third kappa shape index (κ3) is 0.814. The molecule has 1 aromatic rings. The molecule has 0 N–H and O–H groups in total. The van der Waals surface area contributed by atoms with Gasteiger partial charge in [0.05, 0.1) is 16.3 Å². The van der Waals surface area contributed by atoms with Crippen LogP contribution in [-0.2, 0) is 6.42 Å². The van der Waals surface area contributed by atoms with E-state index in [0.29, 0.717) is 0 Å². The molecule has 0 bridgehead atoms. The second-order valence-electron chi connectivity index (χ2n) is 2.33. The summed E-state index contributed by atoms with van der Waals surface area (Å²) < 4.78 is 0. The fourth-order valence-corrected chi connectivity index (χ4v) is 2.21. The van der Waals surface area contributed by atoms with Crippen molar-refractivity contribution in [2.45, 2.75) is 18.2 Å². The maximum Gasteiger partial charge on any atom is 0.116 e. The van der Waals surface area contributed by atoms with E-state index in [1.165, 1.54) is 16.3 Å². The van der Waals surface area contributed by atoms with Crippen molar-refractivity contribution >= 4 is 11.8 Å². The SMILES string of the molecule is Cc1ncnc2c1SCC2. The van der Waals surface area contributed by atoms with Gasteiger partial charge >= 0.3 is 0 Å². The van der Waals surface area contributed by atoms with Gasteiger partial charge in [-0.05, 0) is 6.92 Å². The highest BCUT2D eigenvalue weighted by atomic mass is 32.2. The van der Waals surface area contributed by atoms with E-state index in [4.69, 9.17) is 0 Å². The van der Waals surface area contributed by atoms with Crippen LogP contribution in [0.4, 0.5) is 0 Å². The summed E-state index contributed by atoms with van der Waals surface area (Å²) in [4.78, 5) is 9.61. The zero-order valence-corrected chi connectivity index (χ0v) is 6.61. The van der Waals surface area contributed by atoms with Crippen LogP contribution in [0.25, 0.3) is 0 Å². The van der Waals surface area contributed by atoms with Gasteiger partial charge in [-0.15, -0.1) is 11.8 Å². The Kier molecular flexibility index (Phi) is 1.38. The molecule has 3 heteroatoms. The van der Waals surface area contributed by atoms with Crippen LogP contribution in [0.15, 0.2) is 11.2 Å². The van der Waals surface area contributed by atoms with Gasteiger partial charge in [0.15, 0.2) is 0 Å². The summed E-state index contributed by atoms with van der Waals surface area (Å²) in [5.41, 5.74) is 2.37. The lowest BCUT2D eigenvalue weighted by Crippen LogP contribution is -1.91. The molecule has 0 amide bonds. The fraction of sp³-hybridized carbons (Fsp3) is 0.429. The Labute approximate surface area is 64.1 Å². The first-order valence-corrected chi connectivity index (χ1v) is 4.30. The van der Waals surface area contributed by atoms with E-state index in [2.05, 4.69) is 9.97 Å². The lowest BCUT2D eigenvalue weighted by atomic mass is 10.3. The first kappa shape index (κ1) is 6.16. The van der Waals surface area contributed by atoms with Crippen LogP contribution in [0.1, 0.15) is 11.4 Å². The van der Waals surface area contributed by atoms with Crippen LogP contribution in [0.2, 0.25) is 0 Å². The van der Waals surface area contributed by atoms with Crippen molar-refractivity contribution in [1.29, 1.82) is 0 Å². The molecule has 2 nitrogen and oxygen atoms in total. The summed E-state index contributed by atoms with van der Waals surface area (Å²) in [5.74, 6) is 1.18. The first-order valence-electron chi connectivity index (χ1n) is 3.31. The van der Waals surface area contributed by atoms with E-state index < -0.39 is 0 Å². The minimum atomic E-state index is 1.11. The van der Waals surface area contributed by atoms with Gasteiger partial charge in [0.2, 0.25) is 0 Å². The summed E-state index contributed by atoms with van der Waals surface area (Å²) >= 11 is 1.87. The molecular formula is C7H8N2S. The number of fused-ring (bicyclic) bond motifs is 1. The predicted molar refractivity (Wildman–Crippen MR) is 41.2 cm³/mol. The molecule has 1 aliphatic heterocycles. The minimum absolute atomic E-state index is 1.11. The number of hydrogen-bond acceptors (Lipinski definition) is 3. The molecule has 0 aliphatic carbocycles. The summed E-state index contributed by atoms with van der Waals surface area (Å²) in [6.07, 6.45) is 2.77. The van der Waals surface area contributed by atoms with Gasteiger partial charge in [0.25, 0.3) is 0 Å². The number of rotatable bonds is 0. The van der Waals surface area contributed by atoms with Crippen molar-refractivity contribution in [2.24, 2.45) is 0 Å². The molecule has 0 radical (unpaired) electrons. The molecule has 1 aromatic heterocycles. The molecular weight excluding hydrogens is 144 g/mol. The highest BCUT2D eigenvalue weighted by Gasteiger charge is 2.14. The average Bonchev–Trinajstić information content (AvgIpc) is 2.36. The van der Waals surface area contributed by atoms with E-state index in [1.54, 1.807) is 6.33 Å². The van der Waals surface area contributed by atoms with Crippen molar-refractivity contribution in [3.63, 3.8) is 0 Å². The number of hydrogen-bond donors (Lipinski definition) is 0. The molecule has 0 atom stereocenters. The normalized spacial score (nSPS) is 15.3. The molecule has 0 saturated heterocycles. The topological polar surface area (TPSA) is 25.8 Å². The van der Waals surface area contributed by atoms with E-state index in [-0.39, 0.29) is 0 Å². The summed E-state index contributed by atoms with van der Waals surface area (Å²) in [6, 6.07) is 0. The van der Waals surface area contributed by atoms with Crippen LogP contribution in [-0.4, -0.2) is 15.7 Å². The standard InChI is InChI=1S/C7H8N2S/c1-5-7-6(2-3-10-7)9-4-8-5/h4H,2-3H2,1H3. The van der Waals surface area contributed by atoms with Crippen molar-refractivity contribution in [2.75, 3.05) is 5.75 Å². The molecule has 0 spiro atoms. The largest absolute Gasteiger partial charge is 0.241 e. The van der Waals surface area contributed by atoms with Gasteiger partial charge in [-0.1, -0.05) is 0 Å². The molecule has 0 fully saturated rings. The molecule has 2 rings (SSSR count). The number of aromatic nitrogens is 2. The molecule has 0 aromatic carbocycles. The van der Waals surface area contributed by atoms with Crippen molar-refractivity contribution in [3.8, 4) is 0 Å².